The number of hydrogen-bond donors (Lipinski definition) is 4. The average molecular weight is 719 g/mol. The minimum absolute atomic E-state index is 0.0283. The van der Waals surface area contributed by atoms with Crippen LogP contribution in [0.4, 0.5) is 0 Å². The van der Waals surface area contributed by atoms with Crippen LogP contribution in [0.5, 0.6) is 17.2 Å². The topological polar surface area (TPSA) is 243 Å². The predicted octanol–water partition coefficient (Wildman–Crippen LogP) is 2.52. The second-order valence-corrected chi connectivity index (χ2v) is 13.5. The molecule has 3 aliphatic rings. The first-order valence-electron chi connectivity index (χ1n) is 14.2. The second kappa shape index (κ2) is 12.9. The summed E-state index contributed by atoms with van der Waals surface area (Å²) in [4.78, 5) is 47.7. The Kier molecular flexibility index (Phi) is 8.97. The number of hydrogen-bond acceptors (Lipinski definition) is 13. The van der Waals surface area contributed by atoms with E-state index in [-0.39, 0.29) is 40.6 Å². The summed E-state index contributed by atoms with van der Waals surface area (Å²) in [5.74, 6) is -0.200. The van der Waals surface area contributed by atoms with Crippen LogP contribution in [-0.2, 0) is 23.9 Å². The Morgan fingerprint density at radius 2 is 1.76 bits per heavy atom. The molecule has 2 aliphatic heterocycles. The first-order valence-corrected chi connectivity index (χ1v) is 17.2. The number of aliphatic hydroxyl groups excluding tert-OH is 1. The maximum Gasteiger partial charge on any atom is 0.527 e. The number of H-pyrrole nitrogens is 1. The van der Waals surface area contributed by atoms with Gasteiger partial charge in [-0.15, -0.1) is 0 Å². The lowest BCUT2D eigenvalue weighted by atomic mass is 9.93. The highest BCUT2D eigenvalue weighted by Crippen LogP contribution is 2.49. The molecule has 19 heteroatoms. The molecule has 0 bridgehead atoms. The molecule has 17 nitrogen and oxygen atoms in total. The summed E-state index contributed by atoms with van der Waals surface area (Å²) in [5.41, 5.74) is -0.921. The van der Waals surface area contributed by atoms with Crippen molar-refractivity contribution in [1.82, 2.24) is 9.55 Å². The second-order valence-electron chi connectivity index (χ2n) is 10.8. The summed E-state index contributed by atoms with van der Waals surface area (Å²) in [7, 11) is -7.10. The van der Waals surface area contributed by atoms with Gasteiger partial charge in [0, 0.05) is 59.0 Å². The van der Waals surface area contributed by atoms with Gasteiger partial charge in [0.25, 0.3) is 15.7 Å². The minimum atomic E-state index is -4.88. The number of phosphoric ester groups is 1. The third-order valence-corrected chi connectivity index (χ3v) is 9.48. The Labute approximate surface area is 275 Å². The third-order valence-electron chi connectivity index (χ3n) is 7.69. The number of aromatic amines is 1. The van der Waals surface area contributed by atoms with Gasteiger partial charge in [-0.3, -0.25) is 33.1 Å². The molecule has 6 rings (SSSR count). The van der Waals surface area contributed by atoms with Crippen molar-refractivity contribution >= 4 is 28.9 Å². The fraction of sp³-hybridized carbons (Fsp3) is 0.233. The van der Waals surface area contributed by atoms with Gasteiger partial charge in [-0.25, -0.2) is 9.36 Å². The zero-order valence-electron chi connectivity index (χ0n) is 25.5. The molecule has 4 atom stereocenters. The normalized spacial score (nSPS) is 19.2. The van der Waals surface area contributed by atoms with Gasteiger partial charge in [-0.2, -0.15) is 8.42 Å². The molecular weight excluding hydrogens is 691 g/mol. The first kappa shape index (κ1) is 34.1. The Bertz CT molecular complexity index is 2390. The summed E-state index contributed by atoms with van der Waals surface area (Å²) in [6.07, 6.45) is -2.20. The highest BCUT2D eigenvalue weighted by Gasteiger charge is 2.38. The molecule has 2 aromatic carbocycles. The lowest BCUT2D eigenvalue weighted by molar-refractivity contribution is -0.0447. The number of fused-ring (bicyclic) bond motifs is 2. The smallest absolute Gasteiger partial charge is 0.496 e. The molecule has 49 heavy (non-hydrogen) atoms. The van der Waals surface area contributed by atoms with Gasteiger partial charge in [0.15, 0.2) is 5.43 Å². The molecule has 4 unspecified atom stereocenters. The fourth-order valence-electron chi connectivity index (χ4n) is 5.48. The Hall–Kier alpha value is -4.81. The lowest BCUT2D eigenvalue weighted by Crippen LogP contribution is -2.31. The van der Waals surface area contributed by atoms with E-state index in [0.29, 0.717) is 16.5 Å². The maximum absolute atomic E-state index is 12.9. The monoisotopic (exact) mass is 718 g/mol. The van der Waals surface area contributed by atoms with Crippen LogP contribution >= 0.6 is 7.82 Å². The van der Waals surface area contributed by atoms with Crippen molar-refractivity contribution in [3.05, 3.63) is 91.9 Å². The van der Waals surface area contributed by atoms with Crippen LogP contribution in [0.25, 0.3) is 33.4 Å². The van der Waals surface area contributed by atoms with Crippen LogP contribution in [0.15, 0.2) is 84.5 Å². The molecule has 1 aliphatic carbocycles. The molecule has 0 amide bonds. The van der Waals surface area contributed by atoms with E-state index in [0.717, 1.165) is 16.7 Å². The number of aromatic nitrogens is 2. The standard InChI is InChI=1S/C30H27N2O15PS/c1-42-21-13-24(43-2)26(49(39,40)41)11-19(21)29-17-5-3-15(33)9-22(17)45-23-10-16(4-6-18(23)29)47-48(37,38)44-14-25-20(34)12-28(46-25)32-8-7-27(35)31-30(32)36/h3-11,13,20,25,28,34H,12,14H2,1-2H3,(H,37,38)(H,31,35,36)(H,39,40,41). The molecule has 1 saturated heterocycles. The van der Waals surface area contributed by atoms with Gasteiger partial charge in [0.2, 0.25) is 0 Å². The molecule has 1 fully saturated rings. The van der Waals surface area contributed by atoms with E-state index in [2.05, 4.69) is 4.98 Å². The SMILES string of the molecule is COc1cc(OC)c(S(=O)(=O)O)cc1-c1c2ccc(=O)cc-2oc2cc(OP(=O)(O)OCC3OC(n4ccc(=O)[nH]c4=O)CC3O)ccc12. The van der Waals surface area contributed by atoms with Gasteiger partial charge in [-0.1, -0.05) is 0 Å². The van der Waals surface area contributed by atoms with E-state index < -0.39 is 64.6 Å². The van der Waals surface area contributed by atoms with E-state index in [1.807, 2.05) is 0 Å². The van der Waals surface area contributed by atoms with Crippen molar-refractivity contribution in [2.24, 2.45) is 0 Å². The Balaban J connectivity index is 1.33. The highest BCUT2D eigenvalue weighted by atomic mass is 32.2. The van der Waals surface area contributed by atoms with Gasteiger partial charge in [0.05, 0.1) is 26.9 Å². The molecular formula is C30H27N2O15PS. The van der Waals surface area contributed by atoms with Crippen molar-refractivity contribution < 1.29 is 55.2 Å². The quantitative estimate of drug-likeness (QED) is 0.0921. The van der Waals surface area contributed by atoms with Crippen molar-refractivity contribution in [2.45, 2.75) is 29.8 Å². The summed E-state index contributed by atoms with van der Waals surface area (Å²) in [5, 5.41) is 10.7. The van der Waals surface area contributed by atoms with Crippen molar-refractivity contribution in [1.29, 1.82) is 0 Å². The van der Waals surface area contributed by atoms with E-state index in [1.165, 1.54) is 62.9 Å². The molecule has 3 heterocycles. The van der Waals surface area contributed by atoms with Crippen LogP contribution in [-0.4, -0.2) is 65.6 Å². The van der Waals surface area contributed by atoms with E-state index in [1.54, 1.807) is 0 Å². The van der Waals surface area contributed by atoms with Crippen molar-refractivity contribution in [2.75, 3.05) is 20.8 Å². The number of benzene rings is 3. The number of nitrogens with one attached hydrogen (secondary N) is 1. The molecule has 0 spiro atoms. The third kappa shape index (κ3) is 6.88. The number of ether oxygens (including phenoxy) is 3. The molecule has 4 N–H and O–H groups in total. The van der Waals surface area contributed by atoms with Crippen LogP contribution in [0.3, 0.4) is 0 Å². The van der Waals surface area contributed by atoms with Crippen LogP contribution < -0.4 is 30.7 Å². The number of nitrogens with zero attached hydrogens (tertiary/aromatic N) is 1. The number of aliphatic hydroxyl groups is 1. The van der Waals surface area contributed by atoms with Gasteiger partial charge in [0.1, 0.15) is 45.8 Å². The van der Waals surface area contributed by atoms with Gasteiger partial charge in [-0.05, 0) is 30.3 Å². The van der Waals surface area contributed by atoms with Gasteiger partial charge < -0.3 is 28.3 Å². The predicted molar refractivity (Wildman–Crippen MR) is 170 cm³/mol. The van der Waals surface area contributed by atoms with E-state index >= 15 is 0 Å². The van der Waals surface area contributed by atoms with Crippen LogP contribution in [0, 0.1) is 0 Å². The number of rotatable bonds is 10. The summed E-state index contributed by atoms with van der Waals surface area (Å²) in [6, 6.07) is 11.4. The van der Waals surface area contributed by atoms with Gasteiger partial charge >= 0.3 is 13.5 Å². The van der Waals surface area contributed by atoms with Crippen molar-refractivity contribution in [3.63, 3.8) is 0 Å². The molecule has 0 saturated carbocycles. The zero-order valence-corrected chi connectivity index (χ0v) is 27.2. The van der Waals surface area contributed by atoms with Crippen LogP contribution in [0.1, 0.15) is 12.6 Å². The van der Waals surface area contributed by atoms with E-state index in [9.17, 15) is 41.9 Å². The largest absolute Gasteiger partial charge is 0.527 e. The minimum Gasteiger partial charge on any atom is -0.496 e. The molecule has 1 aromatic heterocycles. The van der Waals surface area contributed by atoms with E-state index in [4.69, 9.17) is 27.7 Å². The Morgan fingerprint density at radius 3 is 2.45 bits per heavy atom. The lowest BCUT2D eigenvalue weighted by Gasteiger charge is -2.20. The number of phosphoric acid groups is 1. The highest BCUT2D eigenvalue weighted by molar-refractivity contribution is 7.86. The summed E-state index contributed by atoms with van der Waals surface area (Å²) in [6.45, 7) is -0.615. The Morgan fingerprint density at radius 1 is 1.00 bits per heavy atom. The van der Waals surface area contributed by atoms with Crippen molar-refractivity contribution in [3.8, 4) is 39.7 Å². The molecule has 3 aromatic rings. The number of methoxy groups -OCH3 is 2. The fourth-order valence-corrected chi connectivity index (χ4v) is 6.91. The first-order chi connectivity index (χ1) is 23.2. The summed E-state index contributed by atoms with van der Waals surface area (Å²) >= 11 is 0. The van der Waals surface area contributed by atoms with Crippen LogP contribution in [0.2, 0.25) is 0 Å². The average Bonchev–Trinajstić information content (AvgIpc) is 3.41. The molecule has 258 valence electrons. The molecule has 0 radical (unpaired) electrons. The zero-order chi connectivity index (χ0) is 35.2. The maximum atomic E-state index is 12.9. The summed E-state index contributed by atoms with van der Waals surface area (Å²) < 4.78 is 81.0.